The number of amides is 2. The summed E-state index contributed by atoms with van der Waals surface area (Å²) in [6, 6.07) is 15.2. The van der Waals surface area contributed by atoms with E-state index in [2.05, 4.69) is 26.6 Å². The highest BCUT2D eigenvalue weighted by Gasteiger charge is 2.06. The monoisotopic (exact) mass is 362 g/mol. The van der Waals surface area contributed by atoms with E-state index in [0.717, 1.165) is 10.9 Å². The third kappa shape index (κ3) is 5.07. The zero-order valence-electron chi connectivity index (χ0n) is 12.4. The van der Waals surface area contributed by atoms with Crippen molar-refractivity contribution in [3.63, 3.8) is 0 Å². The van der Waals surface area contributed by atoms with Crippen LogP contribution in [0.1, 0.15) is 12.5 Å². The first-order valence-corrected chi connectivity index (χ1v) is 7.99. The molecule has 22 heavy (non-hydrogen) atoms. The van der Waals surface area contributed by atoms with Crippen LogP contribution in [0.15, 0.2) is 53.0 Å². The van der Waals surface area contributed by atoms with Crippen LogP contribution in [0.5, 0.6) is 5.75 Å². The number of anilines is 1. The van der Waals surface area contributed by atoms with Crippen molar-refractivity contribution >= 4 is 27.6 Å². The highest BCUT2D eigenvalue weighted by molar-refractivity contribution is 9.10. The van der Waals surface area contributed by atoms with E-state index in [4.69, 9.17) is 4.74 Å². The molecule has 0 spiro atoms. The van der Waals surface area contributed by atoms with Crippen LogP contribution < -0.4 is 15.4 Å². The summed E-state index contributed by atoms with van der Waals surface area (Å²) >= 11 is 3.40. The Kier molecular flexibility index (Phi) is 6.27. The van der Waals surface area contributed by atoms with Crippen LogP contribution in [-0.2, 0) is 6.42 Å². The van der Waals surface area contributed by atoms with Crippen molar-refractivity contribution in [3.05, 3.63) is 58.6 Å². The lowest BCUT2D eigenvalue weighted by atomic mass is 10.1. The van der Waals surface area contributed by atoms with E-state index < -0.39 is 0 Å². The maximum Gasteiger partial charge on any atom is 0.319 e. The molecule has 2 amide bonds. The van der Waals surface area contributed by atoms with Crippen molar-refractivity contribution < 1.29 is 9.53 Å². The smallest absolute Gasteiger partial charge is 0.319 e. The second kappa shape index (κ2) is 8.44. The molecule has 0 radical (unpaired) electrons. The molecule has 0 atom stereocenters. The van der Waals surface area contributed by atoms with Crippen molar-refractivity contribution in [2.24, 2.45) is 0 Å². The number of halogens is 1. The first kappa shape index (κ1) is 16.4. The maximum atomic E-state index is 11.9. The zero-order valence-corrected chi connectivity index (χ0v) is 14.0. The van der Waals surface area contributed by atoms with Crippen molar-refractivity contribution in [1.82, 2.24) is 5.32 Å². The van der Waals surface area contributed by atoms with Crippen LogP contribution in [0.3, 0.4) is 0 Å². The van der Waals surface area contributed by atoms with Crippen LogP contribution in [0, 0.1) is 0 Å². The number of benzene rings is 2. The minimum atomic E-state index is -0.232. The summed E-state index contributed by atoms with van der Waals surface area (Å²) in [6.07, 6.45) is 0.786. The Morgan fingerprint density at radius 1 is 1.14 bits per heavy atom. The molecule has 0 aliphatic carbocycles. The summed E-state index contributed by atoms with van der Waals surface area (Å²) in [4.78, 5) is 11.9. The molecule has 0 aromatic heterocycles. The molecule has 2 aromatic carbocycles. The molecule has 0 fully saturated rings. The second-order valence-electron chi connectivity index (χ2n) is 4.69. The van der Waals surface area contributed by atoms with E-state index in [0.29, 0.717) is 24.6 Å². The molecule has 0 saturated carbocycles. The zero-order chi connectivity index (χ0) is 15.8. The molecule has 2 aromatic rings. The molecule has 0 saturated heterocycles. The Labute approximate surface area is 139 Å². The number of carbonyl (C=O) groups is 1. The van der Waals surface area contributed by atoms with Crippen molar-refractivity contribution in [2.45, 2.75) is 13.3 Å². The van der Waals surface area contributed by atoms with Gasteiger partial charge >= 0.3 is 6.03 Å². The van der Waals surface area contributed by atoms with E-state index in [1.54, 1.807) is 0 Å². The Morgan fingerprint density at radius 3 is 2.59 bits per heavy atom. The average Bonchev–Trinajstić information content (AvgIpc) is 2.51. The Balaban J connectivity index is 1.82. The fourth-order valence-corrected chi connectivity index (χ4v) is 2.25. The number of rotatable bonds is 6. The lowest BCUT2D eigenvalue weighted by Crippen LogP contribution is -2.30. The summed E-state index contributed by atoms with van der Waals surface area (Å²) in [5, 5.41) is 5.65. The van der Waals surface area contributed by atoms with Gasteiger partial charge < -0.3 is 15.4 Å². The lowest BCUT2D eigenvalue weighted by Gasteiger charge is -2.12. The van der Waals surface area contributed by atoms with Crippen LogP contribution in [0.25, 0.3) is 0 Å². The molecule has 0 aliphatic heterocycles. The molecule has 2 rings (SSSR count). The van der Waals surface area contributed by atoms with E-state index in [1.807, 2.05) is 55.5 Å². The highest BCUT2D eigenvalue weighted by atomic mass is 79.9. The van der Waals surface area contributed by atoms with E-state index in [9.17, 15) is 4.79 Å². The number of ether oxygens (including phenoxy) is 1. The third-order valence-electron chi connectivity index (χ3n) is 3.05. The van der Waals surface area contributed by atoms with Gasteiger partial charge in [-0.15, -0.1) is 0 Å². The molecule has 116 valence electrons. The first-order chi connectivity index (χ1) is 10.7. The predicted octanol–water partition coefficient (Wildman–Crippen LogP) is 4.21. The summed E-state index contributed by atoms with van der Waals surface area (Å²) < 4.78 is 6.53. The molecule has 0 bridgehead atoms. The number of para-hydroxylation sites is 2. The van der Waals surface area contributed by atoms with Crippen LogP contribution in [-0.4, -0.2) is 19.2 Å². The van der Waals surface area contributed by atoms with Crippen LogP contribution in [0.2, 0.25) is 0 Å². The van der Waals surface area contributed by atoms with Gasteiger partial charge in [0, 0.05) is 11.0 Å². The lowest BCUT2D eigenvalue weighted by molar-refractivity contribution is 0.252. The standard InChI is InChI=1S/C17H19BrN2O2/c1-2-22-16-6-4-3-5-15(16)20-17(21)19-12-11-13-7-9-14(18)10-8-13/h3-10H,2,11-12H2,1H3,(H2,19,20,21). The quantitative estimate of drug-likeness (QED) is 0.808. The topological polar surface area (TPSA) is 50.4 Å². The van der Waals surface area contributed by atoms with Crippen LogP contribution in [0.4, 0.5) is 10.5 Å². The van der Waals surface area contributed by atoms with E-state index in [-0.39, 0.29) is 6.03 Å². The van der Waals surface area contributed by atoms with E-state index in [1.165, 1.54) is 5.56 Å². The van der Waals surface area contributed by atoms with Crippen molar-refractivity contribution in [1.29, 1.82) is 0 Å². The molecular weight excluding hydrogens is 344 g/mol. The van der Waals surface area contributed by atoms with Gasteiger partial charge in [-0.05, 0) is 43.2 Å². The largest absolute Gasteiger partial charge is 0.492 e. The van der Waals surface area contributed by atoms with Gasteiger partial charge in [-0.2, -0.15) is 0 Å². The maximum absolute atomic E-state index is 11.9. The fraction of sp³-hybridized carbons (Fsp3) is 0.235. The first-order valence-electron chi connectivity index (χ1n) is 7.20. The average molecular weight is 363 g/mol. The molecule has 4 nitrogen and oxygen atoms in total. The predicted molar refractivity (Wildman–Crippen MR) is 92.5 cm³/mol. The number of carbonyl (C=O) groups excluding carboxylic acids is 1. The number of hydrogen-bond donors (Lipinski definition) is 2. The van der Waals surface area contributed by atoms with Crippen molar-refractivity contribution in [2.75, 3.05) is 18.5 Å². The summed E-state index contributed by atoms with van der Waals surface area (Å²) in [6.45, 7) is 3.04. The van der Waals surface area contributed by atoms with Gasteiger partial charge in [-0.3, -0.25) is 0 Å². The van der Waals surface area contributed by atoms with Crippen LogP contribution >= 0.6 is 15.9 Å². The minimum absolute atomic E-state index is 0.232. The van der Waals surface area contributed by atoms with Gasteiger partial charge in [-0.1, -0.05) is 40.2 Å². The molecule has 0 aliphatic rings. The molecule has 0 unspecified atom stereocenters. The van der Waals surface area contributed by atoms with Gasteiger partial charge in [0.05, 0.1) is 12.3 Å². The minimum Gasteiger partial charge on any atom is -0.492 e. The molecule has 2 N–H and O–H groups in total. The number of nitrogens with one attached hydrogen (secondary N) is 2. The van der Waals surface area contributed by atoms with Crippen molar-refractivity contribution in [3.8, 4) is 5.75 Å². The van der Waals surface area contributed by atoms with Gasteiger partial charge in [0.2, 0.25) is 0 Å². The summed E-state index contributed by atoms with van der Waals surface area (Å²) in [5.74, 6) is 0.674. The SMILES string of the molecule is CCOc1ccccc1NC(=O)NCCc1ccc(Br)cc1. The number of urea groups is 1. The Morgan fingerprint density at radius 2 is 1.86 bits per heavy atom. The third-order valence-corrected chi connectivity index (χ3v) is 3.58. The normalized spacial score (nSPS) is 10.1. The highest BCUT2D eigenvalue weighted by Crippen LogP contribution is 2.23. The Bertz CT molecular complexity index is 614. The Hall–Kier alpha value is -2.01. The van der Waals surface area contributed by atoms with Gasteiger partial charge in [0.15, 0.2) is 0 Å². The molecule has 5 heteroatoms. The molecule has 0 heterocycles. The van der Waals surface area contributed by atoms with Gasteiger partial charge in [0.1, 0.15) is 5.75 Å². The van der Waals surface area contributed by atoms with E-state index >= 15 is 0 Å². The summed E-state index contributed by atoms with van der Waals surface area (Å²) in [7, 11) is 0. The molecular formula is C17H19BrN2O2. The summed E-state index contributed by atoms with van der Waals surface area (Å²) in [5.41, 5.74) is 1.85. The van der Waals surface area contributed by atoms with Gasteiger partial charge in [0.25, 0.3) is 0 Å². The second-order valence-corrected chi connectivity index (χ2v) is 5.60. The van der Waals surface area contributed by atoms with Gasteiger partial charge in [-0.25, -0.2) is 4.79 Å². The number of hydrogen-bond acceptors (Lipinski definition) is 2. The fourth-order valence-electron chi connectivity index (χ4n) is 1.99.